The monoisotopic (exact) mass is 344 g/mol. The molecule has 23 heavy (non-hydrogen) atoms. The minimum absolute atomic E-state index is 0.0295. The number of ether oxygens (including phenoxy) is 2. The molecule has 0 heterocycles. The molecule has 3 N–H and O–H groups in total. The van der Waals surface area contributed by atoms with Gasteiger partial charge in [-0.2, -0.15) is 0 Å². The summed E-state index contributed by atoms with van der Waals surface area (Å²) in [6.07, 6.45) is 1.25. The third-order valence-electron chi connectivity index (χ3n) is 3.20. The topological polar surface area (TPSA) is 79.8 Å². The van der Waals surface area contributed by atoms with Crippen LogP contribution in [0.1, 0.15) is 26.7 Å². The molecule has 0 saturated carbocycles. The molecule has 0 spiro atoms. The van der Waals surface area contributed by atoms with E-state index in [2.05, 4.69) is 10.6 Å². The van der Waals surface area contributed by atoms with E-state index in [0.29, 0.717) is 42.7 Å². The first kappa shape index (κ1) is 19.5. The molecule has 0 aromatic heterocycles. The third-order valence-corrected chi connectivity index (χ3v) is 3.50. The number of carbonyl (C=O) groups excluding carboxylic acids is 1. The largest absolute Gasteiger partial charge is 0.487 e. The van der Waals surface area contributed by atoms with Crippen LogP contribution in [0.15, 0.2) is 18.2 Å². The van der Waals surface area contributed by atoms with Crippen molar-refractivity contribution >= 4 is 23.3 Å². The number of aliphatic hydroxyl groups excluding tert-OH is 1. The van der Waals surface area contributed by atoms with Crippen molar-refractivity contribution in [1.82, 2.24) is 5.32 Å². The number of anilines is 1. The number of carbonyl (C=O) groups is 1. The summed E-state index contributed by atoms with van der Waals surface area (Å²) < 4.78 is 10.8. The van der Waals surface area contributed by atoms with Gasteiger partial charge in [-0.25, -0.2) is 4.79 Å². The molecule has 1 atom stereocenters. The van der Waals surface area contributed by atoms with E-state index in [1.54, 1.807) is 18.2 Å². The minimum atomic E-state index is -0.359. The molecule has 1 aromatic rings. The van der Waals surface area contributed by atoms with Gasteiger partial charge in [-0.1, -0.05) is 24.6 Å². The molecule has 7 heteroatoms. The van der Waals surface area contributed by atoms with Gasteiger partial charge in [0.25, 0.3) is 0 Å². The predicted octanol–water partition coefficient (Wildman–Crippen LogP) is 3.04. The second kappa shape index (κ2) is 11.1. The van der Waals surface area contributed by atoms with Crippen LogP contribution in [-0.4, -0.2) is 43.6 Å². The predicted molar refractivity (Wildman–Crippen MR) is 91.4 cm³/mol. The first-order chi connectivity index (χ1) is 11.1. The number of benzene rings is 1. The molecule has 0 fully saturated rings. The first-order valence-electron chi connectivity index (χ1n) is 7.79. The van der Waals surface area contributed by atoms with Crippen molar-refractivity contribution in [2.24, 2.45) is 0 Å². The highest BCUT2D eigenvalue weighted by Crippen LogP contribution is 2.32. The lowest BCUT2D eigenvalue weighted by atomic mass is 10.2. The van der Waals surface area contributed by atoms with Gasteiger partial charge < -0.3 is 25.2 Å². The van der Waals surface area contributed by atoms with Gasteiger partial charge in [-0.05, 0) is 31.9 Å². The number of rotatable bonds is 10. The van der Waals surface area contributed by atoms with Crippen LogP contribution in [0.2, 0.25) is 5.02 Å². The second-order valence-corrected chi connectivity index (χ2v) is 5.29. The summed E-state index contributed by atoms with van der Waals surface area (Å²) in [6.45, 7) is 5.29. The molecule has 0 aliphatic heterocycles. The fraction of sp³-hybridized carbons (Fsp3) is 0.562. The summed E-state index contributed by atoms with van der Waals surface area (Å²) in [4.78, 5) is 12.1. The van der Waals surface area contributed by atoms with Gasteiger partial charge in [0.15, 0.2) is 5.75 Å². The average molecular weight is 345 g/mol. The molecule has 1 rings (SSSR count). The van der Waals surface area contributed by atoms with Crippen LogP contribution in [0.3, 0.4) is 0 Å². The highest BCUT2D eigenvalue weighted by molar-refractivity contribution is 6.32. The number of hydrogen-bond donors (Lipinski definition) is 3. The van der Waals surface area contributed by atoms with Crippen LogP contribution in [0.4, 0.5) is 10.5 Å². The first-order valence-corrected chi connectivity index (χ1v) is 8.17. The van der Waals surface area contributed by atoms with Crippen molar-refractivity contribution in [3.05, 3.63) is 23.2 Å². The number of para-hydroxylation sites is 1. The van der Waals surface area contributed by atoms with Crippen LogP contribution in [0.5, 0.6) is 5.75 Å². The lowest BCUT2D eigenvalue weighted by Crippen LogP contribution is -2.38. The number of nitrogens with one attached hydrogen (secondary N) is 2. The number of amides is 2. The van der Waals surface area contributed by atoms with Gasteiger partial charge in [0.1, 0.15) is 6.61 Å². The Morgan fingerprint density at radius 2 is 2.13 bits per heavy atom. The van der Waals surface area contributed by atoms with E-state index in [9.17, 15) is 4.79 Å². The fourth-order valence-electron chi connectivity index (χ4n) is 1.98. The molecular weight excluding hydrogens is 320 g/mol. The Kier molecular flexibility index (Phi) is 9.43. The molecule has 0 saturated heterocycles. The quantitative estimate of drug-likeness (QED) is 0.570. The SMILES string of the molecule is CCOCCOc1c(Cl)cccc1NC(=O)NC(CC)CCO. The summed E-state index contributed by atoms with van der Waals surface area (Å²) in [7, 11) is 0. The van der Waals surface area contributed by atoms with Crippen LogP contribution in [0, 0.1) is 0 Å². The number of urea groups is 1. The van der Waals surface area contributed by atoms with Crippen molar-refractivity contribution in [3.63, 3.8) is 0 Å². The van der Waals surface area contributed by atoms with Crippen molar-refractivity contribution < 1.29 is 19.4 Å². The Hall–Kier alpha value is -1.50. The van der Waals surface area contributed by atoms with Crippen molar-refractivity contribution in [2.75, 3.05) is 31.7 Å². The summed E-state index contributed by atoms with van der Waals surface area (Å²) in [5.74, 6) is 0.416. The fourth-order valence-corrected chi connectivity index (χ4v) is 2.21. The lowest BCUT2D eigenvalue weighted by molar-refractivity contribution is 0.110. The molecule has 1 aromatic carbocycles. The van der Waals surface area contributed by atoms with E-state index >= 15 is 0 Å². The zero-order valence-corrected chi connectivity index (χ0v) is 14.4. The van der Waals surface area contributed by atoms with E-state index in [0.717, 1.165) is 6.42 Å². The molecule has 130 valence electrons. The van der Waals surface area contributed by atoms with Gasteiger partial charge in [-0.15, -0.1) is 0 Å². The van der Waals surface area contributed by atoms with E-state index in [-0.39, 0.29) is 18.7 Å². The van der Waals surface area contributed by atoms with Gasteiger partial charge >= 0.3 is 6.03 Å². The Morgan fingerprint density at radius 3 is 2.78 bits per heavy atom. The van der Waals surface area contributed by atoms with Gasteiger partial charge in [0.2, 0.25) is 0 Å². The van der Waals surface area contributed by atoms with Gasteiger partial charge in [0, 0.05) is 19.3 Å². The Balaban J connectivity index is 2.67. The molecule has 2 amide bonds. The molecule has 6 nitrogen and oxygen atoms in total. The van der Waals surface area contributed by atoms with E-state index in [1.807, 2.05) is 13.8 Å². The van der Waals surface area contributed by atoms with E-state index < -0.39 is 0 Å². The molecule has 0 aliphatic rings. The third kappa shape index (κ3) is 7.07. The normalized spacial score (nSPS) is 11.8. The van der Waals surface area contributed by atoms with Crippen LogP contribution >= 0.6 is 11.6 Å². The summed E-state index contributed by atoms with van der Waals surface area (Å²) >= 11 is 6.14. The van der Waals surface area contributed by atoms with E-state index in [1.165, 1.54) is 0 Å². The lowest BCUT2D eigenvalue weighted by Gasteiger charge is -2.18. The Labute approximate surface area is 142 Å². The van der Waals surface area contributed by atoms with Gasteiger partial charge in [0.05, 0.1) is 17.3 Å². The molecular formula is C16H25ClN2O4. The highest BCUT2D eigenvalue weighted by atomic mass is 35.5. The smallest absolute Gasteiger partial charge is 0.319 e. The summed E-state index contributed by atoms with van der Waals surface area (Å²) in [5.41, 5.74) is 0.491. The summed E-state index contributed by atoms with van der Waals surface area (Å²) in [5, 5.41) is 14.9. The Morgan fingerprint density at radius 1 is 1.35 bits per heavy atom. The number of aliphatic hydroxyl groups is 1. The maximum absolute atomic E-state index is 12.1. The van der Waals surface area contributed by atoms with Crippen LogP contribution in [0.25, 0.3) is 0 Å². The molecule has 0 radical (unpaired) electrons. The molecule has 0 bridgehead atoms. The molecule has 1 unspecified atom stereocenters. The van der Waals surface area contributed by atoms with Crippen molar-refractivity contribution in [3.8, 4) is 5.75 Å². The van der Waals surface area contributed by atoms with Crippen molar-refractivity contribution in [1.29, 1.82) is 0 Å². The number of hydrogen-bond acceptors (Lipinski definition) is 4. The maximum Gasteiger partial charge on any atom is 0.319 e. The number of halogens is 1. The average Bonchev–Trinajstić information content (AvgIpc) is 2.53. The van der Waals surface area contributed by atoms with Crippen molar-refractivity contribution in [2.45, 2.75) is 32.7 Å². The zero-order valence-electron chi connectivity index (χ0n) is 13.6. The Bertz CT molecular complexity index is 485. The van der Waals surface area contributed by atoms with Gasteiger partial charge in [-0.3, -0.25) is 0 Å². The summed E-state index contributed by atoms with van der Waals surface area (Å²) in [6, 6.07) is 4.71. The minimum Gasteiger partial charge on any atom is -0.487 e. The highest BCUT2D eigenvalue weighted by Gasteiger charge is 2.14. The standard InChI is InChI=1S/C16H25ClN2O4/c1-3-12(8-9-20)18-16(21)19-14-7-5-6-13(17)15(14)23-11-10-22-4-2/h5-7,12,20H,3-4,8-11H2,1-2H3,(H2,18,19,21). The van der Waals surface area contributed by atoms with Crippen LogP contribution < -0.4 is 15.4 Å². The van der Waals surface area contributed by atoms with E-state index in [4.69, 9.17) is 26.2 Å². The molecule has 0 aliphatic carbocycles. The second-order valence-electron chi connectivity index (χ2n) is 4.88. The van der Waals surface area contributed by atoms with Crippen LogP contribution in [-0.2, 0) is 4.74 Å². The maximum atomic E-state index is 12.1. The zero-order chi connectivity index (χ0) is 17.1.